The number of carbonyl (C=O) groups excluding carboxylic acids is 1. The van der Waals surface area contributed by atoms with Crippen molar-refractivity contribution in [1.82, 2.24) is 14.1 Å². The van der Waals surface area contributed by atoms with Gasteiger partial charge in [0.1, 0.15) is 11.5 Å². The fraction of sp³-hybridized carbons (Fsp3) is 0.240. The van der Waals surface area contributed by atoms with Crippen molar-refractivity contribution >= 4 is 28.3 Å². The molecule has 3 N–H and O–H groups in total. The van der Waals surface area contributed by atoms with Crippen LogP contribution in [0.4, 0.5) is 11.5 Å². The molecule has 0 fully saturated rings. The Morgan fingerprint density at radius 1 is 1.06 bits per heavy atom. The molecule has 4 rings (SSSR count). The highest BCUT2D eigenvalue weighted by Crippen LogP contribution is 2.22. The average molecular weight is 462 g/mol. The molecular weight excluding hydrogens is 434 g/mol. The lowest BCUT2D eigenvalue weighted by Crippen LogP contribution is -2.36. The molecule has 9 nitrogen and oxygen atoms in total. The number of ether oxygens (including phenoxy) is 1. The van der Waals surface area contributed by atoms with Gasteiger partial charge < -0.3 is 19.9 Å². The number of aromatic amines is 1. The Balaban J connectivity index is 1.66. The van der Waals surface area contributed by atoms with E-state index in [4.69, 9.17) is 4.74 Å². The molecule has 4 aromatic rings. The third-order valence-electron chi connectivity index (χ3n) is 5.62. The second kappa shape index (κ2) is 10.2. The number of aromatic nitrogens is 3. The predicted octanol–water partition coefficient (Wildman–Crippen LogP) is 2.47. The molecule has 0 aliphatic rings. The maximum absolute atomic E-state index is 13.1. The van der Waals surface area contributed by atoms with Crippen LogP contribution in [-0.2, 0) is 36.1 Å². The van der Waals surface area contributed by atoms with E-state index in [1.165, 1.54) is 11.7 Å². The number of nitrogens with one attached hydrogen (secondary N) is 3. The first-order valence-corrected chi connectivity index (χ1v) is 10.9. The van der Waals surface area contributed by atoms with Gasteiger partial charge in [-0.05, 0) is 17.2 Å². The lowest BCUT2D eigenvalue weighted by molar-refractivity contribution is -0.115. The van der Waals surface area contributed by atoms with E-state index in [1.54, 1.807) is 0 Å². The van der Waals surface area contributed by atoms with Crippen LogP contribution in [0, 0.1) is 0 Å². The van der Waals surface area contributed by atoms with E-state index < -0.39 is 11.2 Å². The Morgan fingerprint density at radius 2 is 1.79 bits per heavy atom. The Morgan fingerprint density at radius 3 is 2.56 bits per heavy atom. The molecule has 2 aromatic heterocycles. The standard InChI is InChI=1S/C25H27N5O4/c1-29-16-18(19-10-6-7-11-20(19)29)14-21(31)27-23-22(26-15-17-8-4-3-5-9-17)24(32)28-25(33)30(23)12-13-34-2/h3-11,16,26H,12-15H2,1-2H3,(H,27,31)(H,28,32,33). The van der Waals surface area contributed by atoms with Crippen molar-refractivity contribution in [2.45, 2.75) is 19.5 Å². The van der Waals surface area contributed by atoms with Crippen molar-refractivity contribution in [3.8, 4) is 0 Å². The maximum atomic E-state index is 13.1. The number of benzene rings is 2. The van der Waals surface area contributed by atoms with E-state index in [0.717, 1.165) is 22.0 Å². The van der Waals surface area contributed by atoms with Crippen LogP contribution in [0.15, 0.2) is 70.4 Å². The van der Waals surface area contributed by atoms with Gasteiger partial charge >= 0.3 is 5.69 Å². The molecule has 0 unspecified atom stereocenters. The van der Waals surface area contributed by atoms with Crippen molar-refractivity contribution in [3.05, 3.63) is 92.8 Å². The minimum absolute atomic E-state index is 0.0880. The van der Waals surface area contributed by atoms with Crippen LogP contribution in [0.2, 0.25) is 0 Å². The van der Waals surface area contributed by atoms with Gasteiger partial charge in [0.25, 0.3) is 5.56 Å². The van der Waals surface area contributed by atoms with Gasteiger partial charge in [0.15, 0.2) is 0 Å². The van der Waals surface area contributed by atoms with Gasteiger partial charge in [-0.25, -0.2) is 4.79 Å². The van der Waals surface area contributed by atoms with Gasteiger partial charge in [-0.3, -0.25) is 19.1 Å². The van der Waals surface area contributed by atoms with Crippen molar-refractivity contribution in [2.75, 3.05) is 24.4 Å². The van der Waals surface area contributed by atoms with Gasteiger partial charge in [-0.1, -0.05) is 48.5 Å². The fourth-order valence-electron chi connectivity index (χ4n) is 3.96. The summed E-state index contributed by atoms with van der Waals surface area (Å²) in [5.41, 5.74) is 1.71. The third kappa shape index (κ3) is 4.94. The molecule has 0 aliphatic carbocycles. The number of fused-ring (bicyclic) bond motifs is 1. The number of carbonyl (C=O) groups is 1. The minimum Gasteiger partial charge on any atom is -0.383 e. The number of amides is 1. The molecule has 0 atom stereocenters. The number of H-pyrrole nitrogens is 1. The number of hydrogen-bond donors (Lipinski definition) is 3. The van der Waals surface area contributed by atoms with E-state index in [-0.39, 0.29) is 37.0 Å². The number of aryl methyl sites for hydroxylation is 1. The Hall–Kier alpha value is -4.11. The molecule has 0 saturated carbocycles. The topological polar surface area (TPSA) is 110 Å². The van der Waals surface area contributed by atoms with Crippen LogP contribution in [0.3, 0.4) is 0 Å². The highest BCUT2D eigenvalue weighted by atomic mass is 16.5. The van der Waals surface area contributed by atoms with Gasteiger partial charge in [0.2, 0.25) is 5.91 Å². The molecule has 1 amide bonds. The maximum Gasteiger partial charge on any atom is 0.330 e. The van der Waals surface area contributed by atoms with Crippen molar-refractivity contribution in [2.24, 2.45) is 7.05 Å². The van der Waals surface area contributed by atoms with Crippen LogP contribution in [0.5, 0.6) is 0 Å². The second-order valence-electron chi connectivity index (χ2n) is 7.97. The summed E-state index contributed by atoms with van der Waals surface area (Å²) < 4.78 is 8.39. The smallest absolute Gasteiger partial charge is 0.330 e. The summed E-state index contributed by atoms with van der Waals surface area (Å²) in [5, 5.41) is 6.86. The van der Waals surface area contributed by atoms with Crippen LogP contribution in [0.25, 0.3) is 10.9 Å². The Labute approximate surface area is 196 Å². The lowest BCUT2D eigenvalue weighted by atomic mass is 10.1. The summed E-state index contributed by atoms with van der Waals surface area (Å²) in [6, 6.07) is 17.4. The summed E-state index contributed by atoms with van der Waals surface area (Å²) in [6.07, 6.45) is 2.00. The first-order chi connectivity index (χ1) is 16.5. The fourth-order valence-corrected chi connectivity index (χ4v) is 3.96. The minimum atomic E-state index is -0.618. The second-order valence-corrected chi connectivity index (χ2v) is 7.97. The van der Waals surface area contributed by atoms with E-state index in [0.29, 0.717) is 6.54 Å². The third-order valence-corrected chi connectivity index (χ3v) is 5.62. The van der Waals surface area contributed by atoms with Gasteiger partial charge in [-0.2, -0.15) is 0 Å². The SMILES string of the molecule is COCCn1c(NC(=O)Cc2cn(C)c3ccccc23)c(NCc2ccccc2)c(=O)[nH]c1=O. The van der Waals surface area contributed by atoms with Crippen molar-refractivity contribution < 1.29 is 9.53 Å². The van der Waals surface area contributed by atoms with E-state index in [9.17, 15) is 14.4 Å². The molecule has 0 aliphatic heterocycles. The molecule has 176 valence electrons. The Kier molecular flexibility index (Phi) is 6.93. The average Bonchev–Trinajstić information content (AvgIpc) is 3.14. The quantitative estimate of drug-likeness (QED) is 0.355. The largest absolute Gasteiger partial charge is 0.383 e. The molecule has 0 bridgehead atoms. The van der Waals surface area contributed by atoms with Crippen LogP contribution < -0.4 is 21.9 Å². The molecule has 0 spiro atoms. The summed E-state index contributed by atoms with van der Waals surface area (Å²) >= 11 is 0. The number of para-hydroxylation sites is 1. The van der Waals surface area contributed by atoms with Crippen LogP contribution in [0.1, 0.15) is 11.1 Å². The Bertz CT molecular complexity index is 1420. The molecular formula is C25H27N5O4. The zero-order valence-electron chi connectivity index (χ0n) is 19.1. The molecule has 9 heteroatoms. The highest BCUT2D eigenvalue weighted by Gasteiger charge is 2.19. The number of methoxy groups -OCH3 is 1. The highest BCUT2D eigenvalue weighted by molar-refractivity contribution is 5.97. The summed E-state index contributed by atoms with van der Waals surface area (Å²) in [7, 11) is 3.44. The number of rotatable bonds is 9. The van der Waals surface area contributed by atoms with E-state index in [2.05, 4.69) is 15.6 Å². The molecule has 2 aromatic carbocycles. The molecule has 0 radical (unpaired) electrons. The first-order valence-electron chi connectivity index (χ1n) is 10.9. The molecule has 2 heterocycles. The first kappa shape index (κ1) is 23.1. The number of anilines is 2. The zero-order chi connectivity index (χ0) is 24.1. The monoisotopic (exact) mass is 461 g/mol. The van der Waals surface area contributed by atoms with Crippen molar-refractivity contribution in [3.63, 3.8) is 0 Å². The summed E-state index contributed by atoms with van der Waals surface area (Å²) in [4.78, 5) is 40.7. The normalized spacial score (nSPS) is 11.0. The number of nitrogens with zero attached hydrogens (tertiary/aromatic N) is 2. The molecule has 34 heavy (non-hydrogen) atoms. The van der Waals surface area contributed by atoms with Crippen molar-refractivity contribution in [1.29, 1.82) is 0 Å². The van der Waals surface area contributed by atoms with Crippen LogP contribution >= 0.6 is 0 Å². The molecule has 0 saturated heterocycles. The van der Waals surface area contributed by atoms with Gasteiger partial charge in [-0.15, -0.1) is 0 Å². The number of hydrogen-bond acceptors (Lipinski definition) is 5. The summed E-state index contributed by atoms with van der Waals surface area (Å²) in [6.45, 7) is 0.741. The lowest BCUT2D eigenvalue weighted by Gasteiger charge is -2.17. The van der Waals surface area contributed by atoms with Crippen LogP contribution in [-0.4, -0.2) is 33.7 Å². The summed E-state index contributed by atoms with van der Waals surface area (Å²) in [5.74, 6) is -0.220. The van der Waals surface area contributed by atoms with Gasteiger partial charge in [0, 0.05) is 37.8 Å². The zero-order valence-corrected chi connectivity index (χ0v) is 19.1. The predicted molar refractivity (Wildman–Crippen MR) is 132 cm³/mol. The van der Waals surface area contributed by atoms with E-state index in [1.807, 2.05) is 72.4 Å². The van der Waals surface area contributed by atoms with Gasteiger partial charge in [0.05, 0.1) is 19.6 Å². The van der Waals surface area contributed by atoms with E-state index >= 15 is 0 Å².